The molecule has 8 nitrogen and oxygen atoms in total. The van der Waals surface area contributed by atoms with Crippen LogP contribution >= 0.6 is 11.6 Å². The number of rotatable bonds is 4. The summed E-state index contributed by atoms with van der Waals surface area (Å²) in [6, 6.07) is 4.54. The van der Waals surface area contributed by atoms with Gasteiger partial charge in [-0.25, -0.2) is 9.78 Å². The zero-order valence-electron chi connectivity index (χ0n) is 13.3. The quantitative estimate of drug-likeness (QED) is 0.469. The van der Waals surface area contributed by atoms with Gasteiger partial charge in [0.15, 0.2) is 0 Å². The monoisotopic (exact) mass is 363 g/mol. The van der Waals surface area contributed by atoms with Crippen LogP contribution in [0.4, 0.5) is 5.69 Å². The zero-order valence-corrected chi connectivity index (χ0v) is 14.0. The van der Waals surface area contributed by atoms with Crippen molar-refractivity contribution in [3.63, 3.8) is 0 Å². The number of nitro groups is 1. The Balaban J connectivity index is 2.11. The second-order valence-electron chi connectivity index (χ2n) is 5.49. The number of hydrogen-bond acceptors (Lipinski definition) is 6. The van der Waals surface area contributed by atoms with Crippen LogP contribution in [0.2, 0.25) is 5.02 Å². The molecule has 2 aromatic rings. The first kappa shape index (κ1) is 17.1. The Morgan fingerprint density at radius 2 is 2.24 bits per heavy atom. The lowest BCUT2D eigenvalue weighted by molar-refractivity contribution is -0.384. The highest BCUT2D eigenvalue weighted by Crippen LogP contribution is 2.32. The molecule has 0 aliphatic carbocycles. The average molecular weight is 364 g/mol. The molecule has 9 heteroatoms. The van der Waals surface area contributed by atoms with E-state index in [1.807, 2.05) is 0 Å². The molecule has 25 heavy (non-hydrogen) atoms. The van der Waals surface area contributed by atoms with Gasteiger partial charge >= 0.3 is 5.97 Å². The summed E-state index contributed by atoms with van der Waals surface area (Å²) in [5.41, 5.74) is -0.321. The summed E-state index contributed by atoms with van der Waals surface area (Å²) in [5.74, 6) is -0.0820. The molecule has 1 aromatic carbocycles. The summed E-state index contributed by atoms with van der Waals surface area (Å²) >= 11 is 5.93. The molecular weight excluding hydrogens is 350 g/mol. The third-order valence-electron chi connectivity index (χ3n) is 3.97. The molecular formula is C16H14ClN3O5. The van der Waals surface area contributed by atoms with Crippen molar-refractivity contribution < 1.29 is 14.5 Å². The van der Waals surface area contributed by atoms with Gasteiger partial charge in [-0.2, -0.15) is 0 Å². The van der Waals surface area contributed by atoms with Gasteiger partial charge in [0.2, 0.25) is 0 Å². The van der Waals surface area contributed by atoms with Crippen molar-refractivity contribution in [1.29, 1.82) is 0 Å². The molecule has 1 unspecified atom stereocenters. The second kappa shape index (κ2) is 6.64. The molecule has 1 aromatic heterocycles. The second-order valence-corrected chi connectivity index (χ2v) is 5.93. The highest BCUT2D eigenvalue weighted by Gasteiger charge is 2.32. The topological polar surface area (TPSA) is 104 Å². The van der Waals surface area contributed by atoms with Gasteiger partial charge in [-0.05, 0) is 25.5 Å². The first-order valence-electron chi connectivity index (χ1n) is 7.65. The SMILES string of the molecule is CCOC(=O)C1CCc2nc(-c3cc(Cl)ccc3[N+](=O)[O-])cc(=O)n21. The van der Waals surface area contributed by atoms with E-state index in [0.717, 1.165) is 0 Å². The molecule has 2 heterocycles. The van der Waals surface area contributed by atoms with Crippen LogP contribution in [-0.4, -0.2) is 27.1 Å². The number of halogens is 1. The van der Waals surface area contributed by atoms with Gasteiger partial charge in [0.25, 0.3) is 11.2 Å². The molecule has 0 bridgehead atoms. The van der Waals surface area contributed by atoms with Crippen LogP contribution in [0.15, 0.2) is 29.1 Å². The maximum absolute atomic E-state index is 12.5. The molecule has 130 valence electrons. The van der Waals surface area contributed by atoms with Crippen molar-refractivity contribution in [1.82, 2.24) is 9.55 Å². The minimum absolute atomic E-state index is 0.162. The molecule has 1 atom stereocenters. The smallest absolute Gasteiger partial charge is 0.329 e. The number of aryl methyl sites for hydroxylation is 1. The van der Waals surface area contributed by atoms with Gasteiger partial charge in [0.1, 0.15) is 11.9 Å². The van der Waals surface area contributed by atoms with E-state index in [1.54, 1.807) is 6.92 Å². The summed E-state index contributed by atoms with van der Waals surface area (Å²) in [6.07, 6.45) is 0.809. The van der Waals surface area contributed by atoms with Gasteiger partial charge in [-0.3, -0.25) is 19.5 Å². The highest BCUT2D eigenvalue weighted by molar-refractivity contribution is 6.31. The number of ether oxygens (including phenoxy) is 1. The maximum atomic E-state index is 12.5. The number of esters is 1. The Bertz CT molecular complexity index is 924. The molecule has 0 saturated heterocycles. The van der Waals surface area contributed by atoms with Crippen molar-refractivity contribution in [2.45, 2.75) is 25.8 Å². The number of nitrogens with zero attached hydrogens (tertiary/aromatic N) is 3. The zero-order chi connectivity index (χ0) is 18.1. The number of aromatic nitrogens is 2. The van der Waals surface area contributed by atoms with Gasteiger partial charge < -0.3 is 4.74 Å². The third kappa shape index (κ3) is 3.12. The molecule has 1 aliphatic heterocycles. The van der Waals surface area contributed by atoms with Gasteiger partial charge in [0.05, 0.1) is 22.8 Å². The van der Waals surface area contributed by atoms with Gasteiger partial charge in [-0.15, -0.1) is 0 Å². The fourth-order valence-electron chi connectivity index (χ4n) is 2.92. The largest absolute Gasteiger partial charge is 0.464 e. The predicted octanol–water partition coefficient (Wildman–Crippen LogP) is 2.52. The van der Waals surface area contributed by atoms with E-state index in [9.17, 15) is 19.7 Å². The van der Waals surface area contributed by atoms with Crippen molar-refractivity contribution in [3.8, 4) is 11.3 Å². The Kier molecular flexibility index (Phi) is 4.54. The Labute approximate surface area is 147 Å². The summed E-state index contributed by atoms with van der Waals surface area (Å²) in [4.78, 5) is 39.5. The summed E-state index contributed by atoms with van der Waals surface area (Å²) in [7, 11) is 0. The number of hydrogen-bond donors (Lipinski definition) is 0. The highest BCUT2D eigenvalue weighted by atomic mass is 35.5. The van der Waals surface area contributed by atoms with Gasteiger partial charge in [0, 0.05) is 23.6 Å². The molecule has 0 spiro atoms. The van der Waals surface area contributed by atoms with Crippen molar-refractivity contribution in [2.24, 2.45) is 0 Å². The first-order valence-corrected chi connectivity index (χ1v) is 8.03. The third-order valence-corrected chi connectivity index (χ3v) is 4.20. The van der Waals surface area contributed by atoms with Crippen LogP contribution in [-0.2, 0) is 16.0 Å². The van der Waals surface area contributed by atoms with Crippen LogP contribution in [0.1, 0.15) is 25.2 Å². The lowest BCUT2D eigenvalue weighted by atomic mass is 10.1. The molecule has 0 fully saturated rings. The lowest BCUT2D eigenvalue weighted by Crippen LogP contribution is -2.29. The van der Waals surface area contributed by atoms with Crippen LogP contribution in [0.3, 0.4) is 0 Å². The Morgan fingerprint density at radius 3 is 2.92 bits per heavy atom. The molecule has 0 N–H and O–H groups in total. The van der Waals surface area contributed by atoms with Crippen LogP contribution in [0.5, 0.6) is 0 Å². The van der Waals surface area contributed by atoms with E-state index in [-0.39, 0.29) is 23.6 Å². The first-order chi connectivity index (χ1) is 11.9. The summed E-state index contributed by atoms with van der Waals surface area (Å²) < 4.78 is 6.28. The van der Waals surface area contributed by atoms with E-state index in [1.165, 1.54) is 28.8 Å². The number of carbonyl (C=O) groups excluding carboxylic acids is 1. The van der Waals surface area contributed by atoms with E-state index in [4.69, 9.17) is 16.3 Å². The van der Waals surface area contributed by atoms with E-state index in [0.29, 0.717) is 23.7 Å². The minimum atomic E-state index is -0.710. The van der Waals surface area contributed by atoms with Crippen molar-refractivity contribution in [3.05, 3.63) is 55.6 Å². The predicted molar refractivity (Wildman–Crippen MR) is 89.6 cm³/mol. The van der Waals surface area contributed by atoms with E-state index >= 15 is 0 Å². The lowest BCUT2D eigenvalue weighted by Gasteiger charge is -2.13. The number of carbonyl (C=O) groups is 1. The summed E-state index contributed by atoms with van der Waals surface area (Å²) in [6.45, 7) is 1.91. The number of nitro benzene ring substituents is 1. The minimum Gasteiger partial charge on any atom is -0.464 e. The molecule has 0 amide bonds. The van der Waals surface area contributed by atoms with Gasteiger partial charge in [-0.1, -0.05) is 11.6 Å². The van der Waals surface area contributed by atoms with E-state index < -0.39 is 22.5 Å². The molecule has 0 radical (unpaired) electrons. The fraction of sp³-hybridized carbons (Fsp3) is 0.312. The Hall–Kier alpha value is -2.74. The maximum Gasteiger partial charge on any atom is 0.329 e. The molecule has 1 aliphatic rings. The summed E-state index contributed by atoms with van der Waals surface area (Å²) in [5, 5.41) is 11.5. The average Bonchev–Trinajstić information content (AvgIpc) is 2.99. The Morgan fingerprint density at radius 1 is 1.48 bits per heavy atom. The van der Waals surface area contributed by atoms with Crippen LogP contribution < -0.4 is 5.56 Å². The number of fused-ring (bicyclic) bond motifs is 1. The molecule has 3 rings (SSSR count). The van der Waals surface area contributed by atoms with Crippen LogP contribution in [0, 0.1) is 10.1 Å². The number of benzene rings is 1. The molecule has 0 saturated carbocycles. The normalized spacial score (nSPS) is 15.7. The fourth-order valence-corrected chi connectivity index (χ4v) is 3.09. The van der Waals surface area contributed by atoms with Crippen LogP contribution in [0.25, 0.3) is 11.3 Å². The van der Waals surface area contributed by atoms with Crippen molar-refractivity contribution in [2.75, 3.05) is 6.61 Å². The van der Waals surface area contributed by atoms with E-state index in [2.05, 4.69) is 4.98 Å². The standard InChI is InChI=1S/C16H14ClN3O5/c1-2-25-16(22)13-5-6-14-18-11(8-15(21)19(13)14)10-7-9(17)3-4-12(10)20(23)24/h3-4,7-8,13H,2,5-6H2,1H3. The van der Waals surface area contributed by atoms with Crippen molar-refractivity contribution >= 4 is 23.3 Å².